The molecule has 0 rings (SSSR count). The first kappa shape index (κ1) is 15.7. The van der Waals surface area contributed by atoms with Crippen molar-refractivity contribution in [3.63, 3.8) is 0 Å². The molecule has 0 aromatic rings. The molecular formula is H11N2O4P. The summed E-state index contributed by atoms with van der Waals surface area (Å²) < 4.78 is 8.88. The van der Waals surface area contributed by atoms with Crippen molar-refractivity contribution >= 4 is 7.82 Å². The number of rotatable bonds is 0. The van der Waals surface area contributed by atoms with Crippen LogP contribution in [0.5, 0.6) is 0 Å². The molecular weight excluding hydrogens is 123 g/mol. The van der Waals surface area contributed by atoms with Crippen molar-refractivity contribution in [3.8, 4) is 0 Å². The van der Waals surface area contributed by atoms with Crippen LogP contribution in [0.25, 0.3) is 0 Å². The molecule has 9 N–H and O–H groups in total. The van der Waals surface area contributed by atoms with Crippen molar-refractivity contribution in [2.45, 2.75) is 0 Å². The molecule has 0 aliphatic rings. The number of hydrogen-bond acceptors (Lipinski definition) is 3. The first-order valence-corrected chi connectivity index (χ1v) is 2.35. The summed E-state index contributed by atoms with van der Waals surface area (Å²) in [7, 11) is -4.64. The van der Waals surface area contributed by atoms with Gasteiger partial charge in [0.25, 0.3) is 0 Å². The summed E-state index contributed by atoms with van der Waals surface area (Å²) >= 11 is 0. The van der Waals surface area contributed by atoms with Gasteiger partial charge in [-0.25, -0.2) is 4.57 Å². The molecule has 50 valence electrons. The molecule has 0 aliphatic carbocycles. The van der Waals surface area contributed by atoms with E-state index in [1.54, 1.807) is 0 Å². The lowest BCUT2D eigenvalue weighted by molar-refractivity contribution is 0.275. The highest BCUT2D eigenvalue weighted by Crippen LogP contribution is 2.25. The van der Waals surface area contributed by atoms with Crippen LogP contribution in [0.3, 0.4) is 0 Å². The van der Waals surface area contributed by atoms with Crippen LogP contribution in [0.15, 0.2) is 0 Å². The molecule has 0 saturated carbocycles. The fraction of sp³-hybridized carbons (Fsp3) is 0. The third-order valence-corrected chi connectivity index (χ3v) is 0. The molecule has 0 amide bonds. The second-order valence-electron chi connectivity index (χ2n) is 0.513. The molecule has 0 heterocycles. The second kappa shape index (κ2) is 4.20. The Morgan fingerprint density at radius 2 is 1.14 bits per heavy atom. The molecule has 0 radical (unpaired) electrons. The Morgan fingerprint density at radius 1 is 1.14 bits per heavy atom. The van der Waals surface area contributed by atoms with E-state index < -0.39 is 7.82 Å². The van der Waals surface area contributed by atoms with Gasteiger partial charge in [0, 0.05) is 1.43 Å². The predicted octanol–water partition coefficient (Wildman–Crippen LogP) is -0.359. The zero-order chi connectivity index (χ0) is 4.50. The predicted molar refractivity (Wildman–Crippen MR) is 26.4 cm³/mol. The van der Waals surface area contributed by atoms with E-state index in [9.17, 15) is 0 Å². The maximum Gasteiger partial charge on any atom is 0.466 e. The quantitative estimate of drug-likeness (QED) is 0.286. The summed E-state index contributed by atoms with van der Waals surface area (Å²) in [6.45, 7) is 0. The fourth-order valence-corrected chi connectivity index (χ4v) is 0. The van der Waals surface area contributed by atoms with Crippen molar-refractivity contribution < 1.29 is 20.7 Å². The van der Waals surface area contributed by atoms with E-state index in [4.69, 9.17) is 19.2 Å². The lowest BCUT2D eigenvalue weighted by atomic mass is 14.0. The van der Waals surface area contributed by atoms with Gasteiger partial charge in [0.05, 0.1) is 0 Å². The average molecular weight is 135 g/mol. The summed E-state index contributed by atoms with van der Waals surface area (Å²) in [4.78, 5) is 21.6. The van der Waals surface area contributed by atoms with Gasteiger partial charge in [0.15, 0.2) is 0 Å². The van der Waals surface area contributed by atoms with E-state index in [-0.39, 0.29) is 13.7 Å². The molecule has 6 nitrogen and oxygen atoms in total. The average Bonchev–Trinajstić information content (AvgIpc) is 0.722. The van der Waals surface area contributed by atoms with Gasteiger partial charge in [-0.2, -0.15) is 0 Å². The van der Waals surface area contributed by atoms with Crippen LogP contribution in [0, 0.1) is 0 Å². The maximum absolute atomic E-state index is 8.88. The fourth-order valence-electron chi connectivity index (χ4n) is 0. The molecule has 0 aliphatic heterocycles. The normalized spacial score (nSPS) is 8.43. The molecule has 7 heavy (non-hydrogen) atoms. The summed E-state index contributed by atoms with van der Waals surface area (Å²) in [6.07, 6.45) is 0. The first-order chi connectivity index (χ1) is 2.00. The first-order valence-electron chi connectivity index (χ1n) is 0.783. The van der Waals surface area contributed by atoms with Gasteiger partial charge in [-0.1, -0.05) is 0 Å². The number of phosphoric acid groups is 1. The minimum atomic E-state index is -4.64. The highest BCUT2D eigenvalue weighted by Gasteiger charge is 2.00. The SMILES string of the molecule is N.N.O=P(O)(O)O.[2HH]. The summed E-state index contributed by atoms with van der Waals surface area (Å²) in [6, 6.07) is 0. The Balaban J connectivity index is -0.0000000267. The van der Waals surface area contributed by atoms with Crippen LogP contribution in [-0.4, -0.2) is 14.7 Å². The Kier molecular flexibility index (Phi) is 9.43. The molecule has 7 heteroatoms. The lowest BCUT2D eigenvalue weighted by Gasteiger charge is -1.82. The molecule has 0 atom stereocenters. The molecule has 0 unspecified atom stereocenters. The smallest absolute Gasteiger partial charge is 0.344 e. The largest absolute Gasteiger partial charge is 0.466 e. The Bertz CT molecular complexity index is 60.2. The summed E-state index contributed by atoms with van der Waals surface area (Å²) in [5.41, 5.74) is 0. The maximum atomic E-state index is 8.88. The zero-order valence-corrected chi connectivity index (χ0v) is 4.51. The standard InChI is InChI=1S/2H3N.H3O4P.H2/c;;1-5(2,3)4;/h2*1H3;(H3,1,2,3,4);1H/i;;;1+1. The van der Waals surface area contributed by atoms with E-state index in [2.05, 4.69) is 0 Å². The molecule has 0 bridgehead atoms. The zero-order valence-electron chi connectivity index (χ0n) is 3.61. The van der Waals surface area contributed by atoms with Gasteiger partial charge >= 0.3 is 7.82 Å². The van der Waals surface area contributed by atoms with Crippen molar-refractivity contribution in [2.75, 3.05) is 0 Å². The topological polar surface area (TPSA) is 148 Å². The Labute approximate surface area is 42.1 Å². The molecule has 0 saturated heterocycles. The highest BCUT2D eigenvalue weighted by molar-refractivity contribution is 7.45. The molecule has 0 fully saturated rings. The molecule has 0 spiro atoms. The van der Waals surface area contributed by atoms with E-state index in [0.717, 1.165) is 0 Å². The van der Waals surface area contributed by atoms with Crippen molar-refractivity contribution in [1.29, 1.82) is 0 Å². The minimum absolute atomic E-state index is 0. The van der Waals surface area contributed by atoms with E-state index in [1.165, 1.54) is 0 Å². The lowest BCUT2D eigenvalue weighted by Crippen LogP contribution is -1.66. The van der Waals surface area contributed by atoms with Gasteiger partial charge in [-0.15, -0.1) is 0 Å². The van der Waals surface area contributed by atoms with E-state index in [1.807, 2.05) is 0 Å². The second-order valence-corrected chi connectivity index (χ2v) is 1.54. The van der Waals surface area contributed by atoms with Gasteiger partial charge < -0.3 is 27.0 Å². The summed E-state index contributed by atoms with van der Waals surface area (Å²) in [5.74, 6) is 0. The highest BCUT2D eigenvalue weighted by atomic mass is 31.2. The minimum Gasteiger partial charge on any atom is -0.344 e. The van der Waals surface area contributed by atoms with Crippen LogP contribution in [0.2, 0.25) is 0 Å². The van der Waals surface area contributed by atoms with Gasteiger partial charge in [-0.3, -0.25) is 0 Å². The third kappa shape index (κ3) is 109000. The van der Waals surface area contributed by atoms with Crippen molar-refractivity contribution in [3.05, 3.63) is 0 Å². The van der Waals surface area contributed by atoms with Gasteiger partial charge in [-0.05, 0) is 0 Å². The van der Waals surface area contributed by atoms with Crippen LogP contribution >= 0.6 is 7.82 Å². The van der Waals surface area contributed by atoms with Crippen molar-refractivity contribution in [2.24, 2.45) is 0 Å². The van der Waals surface area contributed by atoms with Crippen LogP contribution < -0.4 is 12.3 Å². The van der Waals surface area contributed by atoms with Crippen molar-refractivity contribution in [1.82, 2.24) is 12.3 Å². The van der Waals surface area contributed by atoms with Crippen LogP contribution in [0.1, 0.15) is 1.43 Å². The molecule has 0 aromatic carbocycles. The van der Waals surface area contributed by atoms with E-state index in [0.29, 0.717) is 0 Å². The van der Waals surface area contributed by atoms with Gasteiger partial charge in [0.1, 0.15) is 0 Å². The number of hydrogen-bond donors (Lipinski definition) is 5. The monoisotopic (exact) mass is 135 g/mol. The van der Waals surface area contributed by atoms with Crippen LogP contribution in [-0.2, 0) is 4.57 Å². The Morgan fingerprint density at radius 3 is 1.14 bits per heavy atom. The Hall–Kier alpha value is 0.0300. The van der Waals surface area contributed by atoms with Gasteiger partial charge in [0.2, 0.25) is 0 Å². The molecule has 0 aromatic heterocycles. The third-order valence-electron chi connectivity index (χ3n) is 0. The van der Waals surface area contributed by atoms with Crippen LogP contribution in [0.4, 0.5) is 0 Å². The summed E-state index contributed by atoms with van der Waals surface area (Å²) in [5, 5.41) is 0. The van der Waals surface area contributed by atoms with E-state index >= 15 is 0 Å².